The Morgan fingerprint density at radius 3 is 2.74 bits per heavy atom. The minimum atomic E-state index is -0.346. The van der Waals surface area contributed by atoms with E-state index in [2.05, 4.69) is 0 Å². The molecule has 0 amide bonds. The van der Waals surface area contributed by atoms with Crippen molar-refractivity contribution in [3.8, 4) is 5.75 Å². The van der Waals surface area contributed by atoms with Crippen molar-refractivity contribution in [2.24, 2.45) is 0 Å². The molecule has 3 rings (SSSR count). The van der Waals surface area contributed by atoms with Gasteiger partial charge in [-0.1, -0.05) is 18.2 Å². The monoisotopic (exact) mass is 254 g/mol. The van der Waals surface area contributed by atoms with Gasteiger partial charge in [0.25, 0.3) is 0 Å². The lowest BCUT2D eigenvalue weighted by Crippen LogP contribution is -1.95. The van der Waals surface area contributed by atoms with Gasteiger partial charge in [-0.15, -0.1) is 0 Å². The van der Waals surface area contributed by atoms with Crippen molar-refractivity contribution in [2.45, 2.75) is 6.42 Å². The van der Waals surface area contributed by atoms with Crippen LogP contribution < -0.4 is 0 Å². The number of ketones is 1. The lowest BCUT2D eigenvalue weighted by molar-refractivity contribution is 0.104. The quantitative estimate of drug-likeness (QED) is 0.792. The molecule has 0 aromatic heterocycles. The average Bonchev–Trinajstić information content (AvgIpc) is 2.68. The summed E-state index contributed by atoms with van der Waals surface area (Å²) in [7, 11) is 0. The summed E-state index contributed by atoms with van der Waals surface area (Å²) >= 11 is 0. The van der Waals surface area contributed by atoms with E-state index in [9.17, 15) is 14.3 Å². The van der Waals surface area contributed by atoms with Gasteiger partial charge in [-0.25, -0.2) is 4.39 Å². The summed E-state index contributed by atoms with van der Waals surface area (Å²) in [6.45, 7) is 0. The number of hydrogen-bond donors (Lipinski definition) is 1. The first-order chi connectivity index (χ1) is 9.15. The predicted molar refractivity (Wildman–Crippen MR) is 70.5 cm³/mol. The third-order valence-electron chi connectivity index (χ3n) is 3.24. The highest BCUT2D eigenvalue weighted by Gasteiger charge is 2.25. The van der Waals surface area contributed by atoms with Crippen LogP contribution in [0.3, 0.4) is 0 Å². The Bertz CT molecular complexity index is 702. The zero-order chi connectivity index (χ0) is 13.4. The van der Waals surface area contributed by atoms with E-state index in [1.54, 1.807) is 36.4 Å². The number of allylic oxidation sites excluding steroid dienone is 1. The third-order valence-corrected chi connectivity index (χ3v) is 3.24. The molecule has 0 bridgehead atoms. The Hall–Kier alpha value is -2.42. The van der Waals surface area contributed by atoms with Crippen molar-refractivity contribution in [2.75, 3.05) is 0 Å². The van der Waals surface area contributed by atoms with Gasteiger partial charge in [0, 0.05) is 23.1 Å². The first-order valence-corrected chi connectivity index (χ1v) is 5.97. The molecule has 94 valence electrons. The summed E-state index contributed by atoms with van der Waals surface area (Å²) in [5, 5.41) is 9.41. The number of halogens is 1. The Balaban J connectivity index is 2.02. The van der Waals surface area contributed by atoms with Crippen LogP contribution in [0.4, 0.5) is 4.39 Å². The molecule has 1 N–H and O–H groups in total. The molecule has 19 heavy (non-hydrogen) atoms. The van der Waals surface area contributed by atoms with Crippen LogP contribution in [-0.4, -0.2) is 10.9 Å². The molecule has 2 aromatic rings. The van der Waals surface area contributed by atoms with Crippen LogP contribution in [0.25, 0.3) is 6.08 Å². The van der Waals surface area contributed by atoms with Crippen molar-refractivity contribution in [3.63, 3.8) is 0 Å². The summed E-state index contributed by atoms with van der Waals surface area (Å²) in [6, 6.07) is 11.0. The molecule has 1 aliphatic carbocycles. The number of Topliss-reactive ketones (excluding diaryl/α,β-unsaturated/α-hetero) is 1. The van der Waals surface area contributed by atoms with E-state index in [0.717, 1.165) is 5.56 Å². The predicted octanol–water partition coefficient (Wildman–Crippen LogP) is 3.35. The molecule has 0 heterocycles. The van der Waals surface area contributed by atoms with Crippen LogP contribution in [0.5, 0.6) is 5.75 Å². The molecule has 0 spiro atoms. The lowest BCUT2D eigenvalue weighted by atomic mass is 10.1. The van der Waals surface area contributed by atoms with Gasteiger partial charge in [-0.3, -0.25) is 4.79 Å². The molecule has 0 saturated carbocycles. The second kappa shape index (κ2) is 4.35. The maximum absolute atomic E-state index is 13.6. The van der Waals surface area contributed by atoms with Gasteiger partial charge >= 0.3 is 0 Å². The van der Waals surface area contributed by atoms with Crippen molar-refractivity contribution in [1.82, 2.24) is 0 Å². The van der Waals surface area contributed by atoms with E-state index < -0.39 is 0 Å². The molecule has 1 aliphatic rings. The highest BCUT2D eigenvalue weighted by molar-refractivity contribution is 6.15. The lowest BCUT2D eigenvalue weighted by Gasteiger charge is -1.98. The van der Waals surface area contributed by atoms with E-state index in [0.29, 0.717) is 23.1 Å². The molecule has 0 saturated heterocycles. The van der Waals surface area contributed by atoms with Gasteiger partial charge in [0.15, 0.2) is 5.78 Å². The molecule has 3 heteroatoms. The van der Waals surface area contributed by atoms with Crippen LogP contribution >= 0.6 is 0 Å². The minimum absolute atomic E-state index is 0.0988. The Morgan fingerprint density at radius 2 is 1.95 bits per heavy atom. The molecule has 0 fully saturated rings. The zero-order valence-electron chi connectivity index (χ0n) is 10.1. The van der Waals surface area contributed by atoms with E-state index in [1.165, 1.54) is 12.1 Å². The number of phenolic OH excluding ortho intramolecular Hbond substituents is 1. The number of phenols is 1. The summed E-state index contributed by atoms with van der Waals surface area (Å²) in [4.78, 5) is 12.2. The van der Waals surface area contributed by atoms with E-state index >= 15 is 0 Å². The number of benzene rings is 2. The van der Waals surface area contributed by atoms with Gasteiger partial charge in [-0.05, 0) is 35.9 Å². The summed E-state index contributed by atoms with van der Waals surface area (Å²) in [5.74, 6) is -0.307. The van der Waals surface area contributed by atoms with Crippen LogP contribution in [0.1, 0.15) is 21.5 Å². The van der Waals surface area contributed by atoms with Crippen LogP contribution in [-0.2, 0) is 6.42 Å². The summed E-state index contributed by atoms with van der Waals surface area (Å²) < 4.78 is 13.6. The van der Waals surface area contributed by atoms with E-state index in [-0.39, 0.29) is 17.3 Å². The summed E-state index contributed by atoms with van der Waals surface area (Å²) in [6.07, 6.45) is 2.01. The average molecular weight is 254 g/mol. The Morgan fingerprint density at radius 1 is 1.16 bits per heavy atom. The van der Waals surface area contributed by atoms with Crippen LogP contribution in [0, 0.1) is 5.82 Å². The summed E-state index contributed by atoms with van der Waals surface area (Å²) in [5.41, 5.74) is 2.32. The highest BCUT2D eigenvalue weighted by atomic mass is 19.1. The van der Waals surface area contributed by atoms with Crippen LogP contribution in [0.2, 0.25) is 0 Å². The second-order valence-corrected chi connectivity index (χ2v) is 4.54. The fraction of sp³-hybridized carbons (Fsp3) is 0.0625. The Labute approximate surface area is 109 Å². The molecule has 0 radical (unpaired) electrons. The minimum Gasteiger partial charge on any atom is -0.508 e. The van der Waals surface area contributed by atoms with Crippen molar-refractivity contribution < 1.29 is 14.3 Å². The maximum Gasteiger partial charge on any atom is 0.189 e. The molecular weight excluding hydrogens is 243 g/mol. The molecular formula is C16H11FO2. The van der Waals surface area contributed by atoms with Crippen molar-refractivity contribution in [1.29, 1.82) is 0 Å². The number of hydrogen-bond acceptors (Lipinski definition) is 2. The van der Waals surface area contributed by atoms with Gasteiger partial charge in [-0.2, -0.15) is 0 Å². The van der Waals surface area contributed by atoms with Gasteiger partial charge in [0.05, 0.1) is 0 Å². The SMILES string of the molecule is O=C1/C(=C/c2ccccc2F)Cc2cc(O)ccc21. The van der Waals surface area contributed by atoms with Gasteiger partial charge in [0.1, 0.15) is 11.6 Å². The van der Waals surface area contributed by atoms with E-state index in [1.807, 2.05) is 0 Å². The van der Waals surface area contributed by atoms with Gasteiger partial charge in [0.2, 0.25) is 0 Å². The zero-order valence-corrected chi connectivity index (χ0v) is 10.1. The molecule has 2 aromatic carbocycles. The second-order valence-electron chi connectivity index (χ2n) is 4.54. The fourth-order valence-electron chi connectivity index (χ4n) is 2.30. The molecule has 0 atom stereocenters. The normalized spacial score (nSPS) is 15.8. The number of carbonyl (C=O) groups excluding carboxylic acids is 1. The smallest absolute Gasteiger partial charge is 0.189 e. The number of aromatic hydroxyl groups is 1. The third kappa shape index (κ3) is 2.03. The topological polar surface area (TPSA) is 37.3 Å². The maximum atomic E-state index is 13.6. The first kappa shape index (κ1) is 11.7. The number of fused-ring (bicyclic) bond motifs is 1. The van der Waals surface area contributed by atoms with Crippen LogP contribution in [0.15, 0.2) is 48.0 Å². The Kier molecular flexibility index (Phi) is 2.67. The standard InChI is InChI=1S/C16H11FO2/c17-15-4-2-1-3-10(15)7-12-8-11-9-13(18)5-6-14(11)16(12)19/h1-7,9,18H,8H2/b12-7+. The van der Waals surface area contributed by atoms with E-state index in [4.69, 9.17) is 0 Å². The molecule has 0 unspecified atom stereocenters. The molecule has 0 aliphatic heterocycles. The molecule has 2 nitrogen and oxygen atoms in total. The van der Waals surface area contributed by atoms with Crippen molar-refractivity contribution in [3.05, 3.63) is 70.5 Å². The van der Waals surface area contributed by atoms with Gasteiger partial charge < -0.3 is 5.11 Å². The first-order valence-electron chi connectivity index (χ1n) is 5.97. The number of rotatable bonds is 1. The highest BCUT2D eigenvalue weighted by Crippen LogP contribution is 2.30. The van der Waals surface area contributed by atoms with Crippen molar-refractivity contribution >= 4 is 11.9 Å². The number of carbonyl (C=O) groups is 1. The largest absolute Gasteiger partial charge is 0.508 e. The fourth-order valence-corrected chi connectivity index (χ4v) is 2.30.